The van der Waals surface area contributed by atoms with Crippen molar-refractivity contribution < 1.29 is 13.2 Å². The monoisotopic (exact) mass is 255 g/mol. The molecule has 0 saturated heterocycles. The van der Waals surface area contributed by atoms with Gasteiger partial charge >= 0.3 is 6.18 Å². The topological polar surface area (TPSA) is 43.8 Å². The fourth-order valence-electron chi connectivity index (χ4n) is 1.66. The molecule has 0 atom stereocenters. The Hall–Kier alpha value is -1.82. The summed E-state index contributed by atoms with van der Waals surface area (Å²) in [6, 6.07) is 6.91. The van der Waals surface area contributed by atoms with Gasteiger partial charge in [-0.3, -0.25) is 0 Å². The fourth-order valence-corrected chi connectivity index (χ4v) is 1.66. The van der Waals surface area contributed by atoms with Gasteiger partial charge in [0.25, 0.3) is 0 Å². The van der Waals surface area contributed by atoms with Crippen LogP contribution in [0, 0.1) is 6.92 Å². The van der Waals surface area contributed by atoms with Crippen LogP contribution in [0.15, 0.2) is 30.5 Å². The number of hydrogen-bond acceptors (Lipinski definition) is 2. The van der Waals surface area contributed by atoms with Gasteiger partial charge in [0.2, 0.25) is 0 Å². The van der Waals surface area contributed by atoms with Crippen molar-refractivity contribution in [2.45, 2.75) is 19.6 Å². The molecule has 6 heteroatoms. The van der Waals surface area contributed by atoms with Crippen LogP contribution in [0.25, 0.3) is 5.69 Å². The number of alkyl halides is 3. The van der Waals surface area contributed by atoms with Crippen LogP contribution < -0.4 is 5.73 Å². The van der Waals surface area contributed by atoms with Crippen molar-refractivity contribution >= 4 is 0 Å². The first-order valence-electron chi connectivity index (χ1n) is 5.34. The molecule has 1 heterocycles. The molecule has 0 radical (unpaired) electrons. The zero-order valence-electron chi connectivity index (χ0n) is 9.70. The van der Waals surface area contributed by atoms with Gasteiger partial charge < -0.3 is 5.73 Å². The van der Waals surface area contributed by atoms with Crippen LogP contribution in [0.2, 0.25) is 0 Å². The molecule has 0 fully saturated rings. The second kappa shape index (κ2) is 4.45. The molecule has 0 aliphatic rings. The molecule has 18 heavy (non-hydrogen) atoms. The maximum Gasteiger partial charge on any atom is 0.435 e. The van der Waals surface area contributed by atoms with Crippen molar-refractivity contribution in [3.05, 3.63) is 47.3 Å². The van der Waals surface area contributed by atoms with Crippen LogP contribution in [-0.4, -0.2) is 9.78 Å². The Morgan fingerprint density at radius 3 is 2.28 bits per heavy atom. The number of hydrogen-bond donors (Lipinski definition) is 1. The largest absolute Gasteiger partial charge is 0.435 e. The molecule has 2 aromatic rings. The summed E-state index contributed by atoms with van der Waals surface area (Å²) < 4.78 is 39.0. The first-order chi connectivity index (χ1) is 8.41. The Bertz CT molecular complexity index is 541. The normalized spacial score (nSPS) is 11.8. The van der Waals surface area contributed by atoms with E-state index in [1.54, 1.807) is 24.3 Å². The van der Waals surface area contributed by atoms with E-state index in [4.69, 9.17) is 5.73 Å². The number of rotatable bonds is 2. The van der Waals surface area contributed by atoms with Crippen molar-refractivity contribution in [3.8, 4) is 5.69 Å². The Morgan fingerprint density at radius 1 is 1.22 bits per heavy atom. The molecule has 0 amide bonds. The van der Waals surface area contributed by atoms with Gasteiger partial charge in [-0.2, -0.15) is 18.3 Å². The summed E-state index contributed by atoms with van der Waals surface area (Å²) in [5, 5.41) is 3.57. The van der Waals surface area contributed by atoms with E-state index in [1.165, 1.54) is 17.8 Å². The van der Waals surface area contributed by atoms with Crippen molar-refractivity contribution in [1.82, 2.24) is 9.78 Å². The third-order valence-corrected chi connectivity index (χ3v) is 2.60. The van der Waals surface area contributed by atoms with Crippen LogP contribution in [0.3, 0.4) is 0 Å². The molecule has 3 nitrogen and oxygen atoms in total. The number of aromatic nitrogens is 2. The van der Waals surface area contributed by atoms with E-state index < -0.39 is 11.9 Å². The average molecular weight is 255 g/mol. The van der Waals surface area contributed by atoms with Gasteiger partial charge in [-0.1, -0.05) is 12.1 Å². The summed E-state index contributed by atoms with van der Waals surface area (Å²) >= 11 is 0. The van der Waals surface area contributed by atoms with Gasteiger partial charge in [-0.25, -0.2) is 4.68 Å². The second-order valence-corrected chi connectivity index (χ2v) is 3.97. The van der Waals surface area contributed by atoms with E-state index >= 15 is 0 Å². The van der Waals surface area contributed by atoms with Crippen molar-refractivity contribution in [2.24, 2.45) is 5.73 Å². The summed E-state index contributed by atoms with van der Waals surface area (Å²) in [7, 11) is 0. The minimum absolute atomic E-state index is 0.102. The van der Waals surface area contributed by atoms with E-state index in [0.29, 0.717) is 12.2 Å². The standard InChI is InChI=1S/C12H12F3N3/c1-8-7-18(17-11(8)12(13,14)15)10-4-2-9(6-16)3-5-10/h2-5,7H,6,16H2,1H3. The molecule has 1 aromatic heterocycles. The average Bonchev–Trinajstić information content (AvgIpc) is 2.71. The van der Waals surface area contributed by atoms with Gasteiger partial charge in [-0.15, -0.1) is 0 Å². The maximum atomic E-state index is 12.6. The Labute approximate surface area is 102 Å². The number of aryl methyl sites for hydroxylation is 1. The quantitative estimate of drug-likeness (QED) is 0.896. The number of nitrogens with two attached hydrogens (primary N) is 1. The summed E-state index contributed by atoms with van der Waals surface area (Å²) in [6.07, 6.45) is -3.06. The predicted octanol–water partition coefficient (Wildman–Crippen LogP) is 2.66. The summed E-state index contributed by atoms with van der Waals surface area (Å²) in [4.78, 5) is 0. The summed E-state index contributed by atoms with van der Waals surface area (Å²) in [5.41, 5.74) is 6.19. The number of benzene rings is 1. The highest BCUT2D eigenvalue weighted by atomic mass is 19.4. The van der Waals surface area contributed by atoms with Crippen LogP contribution in [0.1, 0.15) is 16.8 Å². The molecule has 96 valence electrons. The molecular formula is C12H12F3N3. The Balaban J connectivity index is 2.39. The first kappa shape index (κ1) is 12.6. The lowest BCUT2D eigenvalue weighted by molar-refractivity contribution is -0.141. The molecule has 0 saturated carbocycles. The van der Waals surface area contributed by atoms with E-state index in [9.17, 15) is 13.2 Å². The lowest BCUT2D eigenvalue weighted by Gasteiger charge is -2.04. The summed E-state index contributed by atoms with van der Waals surface area (Å²) in [5.74, 6) is 0. The molecule has 2 N–H and O–H groups in total. The SMILES string of the molecule is Cc1cn(-c2ccc(CN)cc2)nc1C(F)(F)F. The van der Waals surface area contributed by atoms with E-state index in [2.05, 4.69) is 5.10 Å². The molecule has 0 unspecified atom stereocenters. The van der Waals surface area contributed by atoms with Gasteiger partial charge in [-0.05, 0) is 30.2 Å². The minimum atomic E-state index is -4.42. The highest BCUT2D eigenvalue weighted by molar-refractivity contribution is 5.35. The minimum Gasteiger partial charge on any atom is -0.326 e. The van der Waals surface area contributed by atoms with Crippen molar-refractivity contribution in [1.29, 1.82) is 0 Å². The van der Waals surface area contributed by atoms with Crippen LogP contribution in [0.4, 0.5) is 13.2 Å². The third-order valence-electron chi connectivity index (χ3n) is 2.60. The molecule has 1 aromatic carbocycles. The highest BCUT2D eigenvalue weighted by Crippen LogP contribution is 2.30. The first-order valence-corrected chi connectivity index (χ1v) is 5.34. The van der Waals surface area contributed by atoms with Gasteiger partial charge in [0, 0.05) is 12.7 Å². The summed E-state index contributed by atoms with van der Waals surface area (Å²) in [6.45, 7) is 1.78. The highest BCUT2D eigenvalue weighted by Gasteiger charge is 2.35. The van der Waals surface area contributed by atoms with Crippen LogP contribution >= 0.6 is 0 Å². The molecule has 0 aliphatic carbocycles. The van der Waals surface area contributed by atoms with Gasteiger partial charge in [0.05, 0.1) is 5.69 Å². The van der Waals surface area contributed by atoms with Gasteiger partial charge in [0.15, 0.2) is 5.69 Å². The molecular weight excluding hydrogens is 243 g/mol. The molecule has 2 rings (SSSR count). The zero-order valence-corrected chi connectivity index (χ0v) is 9.70. The zero-order chi connectivity index (χ0) is 13.3. The maximum absolute atomic E-state index is 12.6. The molecule has 0 aliphatic heterocycles. The van der Waals surface area contributed by atoms with Gasteiger partial charge in [0.1, 0.15) is 0 Å². The molecule has 0 spiro atoms. The van der Waals surface area contributed by atoms with E-state index in [1.807, 2.05) is 0 Å². The van der Waals surface area contributed by atoms with Crippen LogP contribution in [0.5, 0.6) is 0 Å². The fraction of sp³-hybridized carbons (Fsp3) is 0.250. The third kappa shape index (κ3) is 2.38. The van der Waals surface area contributed by atoms with E-state index in [0.717, 1.165) is 5.56 Å². The van der Waals surface area contributed by atoms with E-state index in [-0.39, 0.29) is 5.56 Å². The number of halogens is 3. The lowest BCUT2D eigenvalue weighted by atomic mass is 10.2. The number of nitrogens with zero attached hydrogens (tertiary/aromatic N) is 2. The predicted molar refractivity (Wildman–Crippen MR) is 61.2 cm³/mol. The smallest absolute Gasteiger partial charge is 0.326 e. The Kier molecular flexibility index (Phi) is 3.13. The lowest BCUT2D eigenvalue weighted by Crippen LogP contribution is -2.08. The second-order valence-electron chi connectivity index (χ2n) is 3.97. The van der Waals surface area contributed by atoms with Crippen molar-refractivity contribution in [3.63, 3.8) is 0 Å². The van der Waals surface area contributed by atoms with Crippen molar-refractivity contribution in [2.75, 3.05) is 0 Å². The Morgan fingerprint density at radius 2 is 1.83 bits per heavy atom. The molecule has 0 bridgehead atoms. The van der Waals surface area contributed by atoms with Crippen LogP contribution in [-0.2, 0) is 12.7 Å².